The summed E-state index contributed by atoms with van der Waals surface area (Å²) in [6.45, 7) is 7.88. The zero-order valence-corrected chi connectivity index (χ0v) is 14.1. The van der Waals surface area contributed by atoms with Gasteiger partial charge in [0.25, 0.3) is 0 Å². The number of nitrogens with zero attached hydrogens (tertiary/aromatic N) is 1. The van der Waals surface area contributed by atoms with Crippen molar-refractivity contribution >= 4 is 21.4 Å². The van der Waals surface area contributed by atoms with E-state index in [-0.39, 0.29) is 0 Å². The lowest BCUT2D eigenvalue weighted by atomic mass is 10.4. The quantitative estimate of drug-likeness (QED) is 0.802. The molecule has 1 aromatic heterocycles. The lowest BCUT2D eigenvalue weighted by molar-refractivity contribution is 0.411. The van der Waals surface area contributed by atoms with Gasteiger partial charge in [0.2, 0.25) is 10.0 Å². The summed E-state index contributed by atoms with van der Waals surface area (Å²) >= 11 is 1.51. The predicted octanol–water partition coefficient (Wildman–Crippen LogP) is 2.67. The van der Waals surface area contributed by atoms with Crippen molar-refractivity contribution in [1.29, 1.82) is 0 Å². The van der Waals surface area contributed by atoms with E-state index >= 15 is 0 Å². The molecule has 1 aliphatic rings. The topological polar surface area (TPSA) is 49.4 Å². The van der Waals surface area contributed by atoms with Crippen molar-refractivity contribution in [3.63, 3.8) is 0 Å². The molecule has 20 heavy (non-hydrogen) atoms. The highest BCUT2D eigenvalue weighted by Crippen LogP contribution is 2.32. The first kappa shape index (κ1) is 15.9. The molecule has 0 aromatic carbocycles. The lowest BCUT2D eigenvalue weighted by Crippen LogP contribution is -2.33. The van der Waals surface area contributed by atoms with Gasteiger partial charge in [-0.05, 0) is 30.2 Å². The van der Waals surface area contributed by atoms with E-state index in [4.69, 9.17) is 0 Å². The molecule has 0 bridgehead atoms. The Balaban J connectivity index is 2.17. The average molecular weight is 316 g/mol. The van der Waals surface area contributed by atoms with Crippen molar-refractivity contribution in [2.24, 2.45) is 5.92 Å². The summed E-state index contributed by atoms with van der Waals surface area (Å²) in [5.74, 6) is 0.570. The second kappa shape index (κ2) is 6.56. The molecule has 0 amide bonds. The molecule has 1 fully saturated rings. The summed E-state index contributed by atoms with van der Waals surface area (Å²) in [6.07, 6.45) is 2.33. The van der Waals surface area contributed by atoms with Crippen molar-refractivity contribution in [2.75, 3.05) is 13.1 Å². The Labute approximate surface area is 126 Å². The first-order valence-corrected chi connectivity index (χ1v) is 9.57. The van der Waals surface area contributed by atoms with Crippen LogP contribution in [-0.2, 0) is 16.6 Å². The van der Waals surface area contributed by atoms with E-state index in [0.29, 0.717) is 36.5 Å². The summed E-state index contributed by atoms with van der Waals surface area (Å²) in [7, 11) is -3.34. The molecule has 6 heteroatoms. The maximum absolute atomic E-state index is 12.8. The monoisotopic (exact) mass is 316 g/mol. The van der Waals surface area contributed by atoms with Crippen LogP contribution in [0.3, 0.4) is 0 Å². The fourth-order valence-electron chi connectivity index (χ4n) is 2.11. The SMILES string of the molecule is CCN(CC1CC1)S(=O)(=O)c1ccsc1CNC(C)C. The molecule has 114 valence electrons. The molecule has 1 aromatic rings. The fourth-order valence-corrected chi connectivity index (χ4v) is 5.00. The van der Waals surface area contributed by atoms with Gasteiger partial charge in [-0.25, -0.2) is 8.42 Å². The lowest BCUT2D eigenvalue weighted by Gasteiger charge is -2.20. The second-order valence-electron chi connectivity index (χ2n) is 5.64. The Morgan fingerprint density at radius 1 is 1.45 bits per heavy atom. The molecule has 1 aliphatic carbocycles. The maximum Gasteiger partial charge on any atom is 0.244 e. The Hall–Kier alpha value is -0.430. The Morgan fingerprint density at radius 3 is 2.70 bits per heavy atom. The van der Waals surface area contributed by atoms with Crippen molar-refractivity contribution in [2.45, 2.75) is 51.1 Å². The van der Waals surface area contributed by atoms with Crippen molar-refractivity contribution in [3.05, 3.63) is 16.3 Å². The minimum absolute atomic E-state index is 0.349. The van der Waals surface area contributed by atoms with Crippen LogP contribution in [0.5, 0.6) is 0 Å². The van der Waals surface area contributed by atoms with Gasteiger partial charge in [0.1, 0.15) is 0 Å². The minimum Gasteiger partial charge on any atom is -0.310 e. The van der Waals surface area contributed by atoms with Gasteiger partial charge in [-0.3, -0.25) is 0 Å². The highest BCUT2D eigenvalue weighted by molar-refractivity contribution is 7.89. The van der Waals surface area contributed by atoms with Crippen LogP contribution in [0.15, 0.2) is 16.3 Å². The molecule has 0 atom stereocenters. The molecular formula is C14H24N2O2S2. The number of hydrogen-bond donors (Lipinski definition) is 1. The van der Waals surface area contributed by atoms with Gasteiger partial charge in [-0.1, -0.05) is 20.8 Å². The van der Waals surface area contributed by atoms with Gasteiger partial charge in [-0.2, -0.15) is 4.31 Å². The van der Waals surface area contributed by atoms with E-state index in [1.807, 2.05) is 12.3 Å². The number of rotatable bonds is 8. The molecule has 1 saturated carbocycles. The largest absolute Gasteiger partial charge is 0.310 e. The molecule has 0 unspecified atom stereocenters. The molecule has 4 nitrogen and oxygen atoms in total. The zero-order valence-electron chi connectivity index (χ0n) is 12.4. The molecule has 2 rings (SSSR count). The normalized spacial score (nSPS) is 16.2. The molecule has 0 radical (unpaired) electrons. The van der Waals surface area contributed by atoms with Crippen LogP contribution < -0.4 is 5.32 Å². The van der Waals surface area contributed by atoms with Gasteiger partial charge in [0, 0.05) is 30.6 Å². The number of hydrogen-bond acceptors (Lipinski definition) is 4. The van der Waals surface area contributed by atoms with Crippen LogP contribution in [0.2, 0.25) is 0 Å². The molecule has 0 spiro atoms. The highest BCUT2D eigenvalue weighted by Gasteiger charge is 2.32. The minimum atomic E-state index is -3.34. The zero-order chi connectivity index (χ0) is 14.8. The smallest absolute Gasteiger partial charge is 0.244 e. The third-order valence-electron chi connectivity index (χ3n) is 3.50. The third-order valence-corrected chi connectivity index (χ3v) is 6.58. The summed E-state index contributed by atoms with van der Waals surface area (Å²) in [6, 6.07) is 2.09. The van der Waals surface area contributed by atoms with Crippen LogP contribution in [0, 0.1) is 5.92 Å². The van der Waals surface area contributed by atoms with Crippen molar-refractivity contribution in [3.8, 4) is 0 Å². The van der Waals surface area contributed by atoms with Crippen LogP contribution in [0.4, 0.5) is 0 Å². The molecule has 0 aliphatic heterocycles. The van der Waals surface area contributed by atoms with Crippen LogP contribution in [0.25, 0.3) is 0 Å². The predicted molar refractivity (Wildman–Crippen MR) is 83.5 cm³/mol. The standard InChI is InChI=1S/C14H24N2O2S2/c1-4-16(10-12-5-6-12)20(17,18)14-7-8-19-13(14)9-15-11(2)3/h7-8,11-12,15H,4-6,9-10H2,1-3H3. The van der Waals surface area contributed by atoms with Gasteiger partial charge in [-0.15, -0.1) is 11.3 Å². The van der Waals surface area contributed by atoms with Gasteiger partial charge < -0.3 is 5.32 Å². The summed E-state index contributed by atoms with van der Waals surface area (Å²) in [5.41, 5.74) is 0. The van der Waals surface area contributed by atoms with E-state index in [1.54, 1.807) is 10.4 Å². The fraction of sp³-hybridized carbons (Fsp3) is 0.714. The van der Waals surface area contributed by atoms with Gasteiger partial charge in [0.15, 0.2) is 0 Å². The first-order valence-electron chi connectivity index (χ1n) is 7.25. The Morgan fingerprint density at radius 2 is 2.15 bits per heavy atom. The average Bonchev–Trinajstić information content (AvgIpc) is 3.07. The van der Waals surface area contributed by atoms with E-state index in [2.05, 4.69) is 19.2 Å². The molecule has 1 N–H and O–H groups in total. The molecule has 1 heterocycles. The van der Waals surface area contributed by atoms with E-state index in [1.165, 1.54) is 11.3 Å². The summed E-state index contributed by atoms with van der Waals surface area (Å²) in [5, 5.41) is 5.17. The molecular weight excluding hydrogens is 292 g/mol. The Bertz CT molecular complexity index is 533. The summed E-state index contributed by atoms with van der Waals surface area (Å²) in [4.78, 5) is 1.39. The van der Waals surface area contributed by atoms with Crippen LogP contribution >= 0.6 is 11.3 Å². The van der Waals surface area contributed by atoms with Crippen LogP contribution in [0.1, 0.15) is 38.5 Å². The highest BCUT2D eigenvalue weighted by atomic mass is 32.2. The van der Waals surface area contributed by atoms with E-state index in [0.717, 1.165) is 17.7 Å². The maximum atomic E-state index is 12.8. The van der Waals surface area contributed by atoms with E-state index in [9.17, 15) is 8.42 Å². The molecule has 0 saturated heterocycles. The number of sulfonamides is 1. The van der Waals surface area contributed by atoms with Gasteiger partial charge >= 0.3 is 0 Å². The number of nitrogens with one attached hydrogen (secondary N) is 1. The van der Waals surface area contributed by atoms with Crippen LogP contribution in [-0.4, -0.2) is 31.9 Å². The van der Waals surface area contributed by atoms with Gasteiger partial charge in [0.05, 0.1) is 4.90 Å². The second-order valence-corrected chi connectivity index (χ2v) is 8.55. The van der Waals surface area contributed by atoms with E-state index < -0.39 is 10.0 Å². The third kappa shape index (κ3) is 3.81. The number of thiophene rings is 1. The Kier molecular flexibility index (Phi) is 5.23. The van der Waals surface area contributed by atoms with Crippen molar-refractivity contribution in [1.82, 2.24) is 9.62 Å². The first-order chi connectivity index (χ1) is 9.45. The summed E-state index contributed by atoms with van der Waals surface area (Å²) < 4.78 is 27.1. The van der Waals surface area contributed by atoms with Crippen molar-refractivity contribution < 1.29 is 8.42 Å².